The van der Waals surface area contributed by atoms with Gasteiger partial charge in [-0.25, -0.2) is 4.79 Å². The zero-order valence-electron chi connectivity index (χ0n) is 13.4. The van der Waals surface area contributed by atoms with Crippen molar-refractivity contribution in [1.29, 1.82) is 0 Å². The summed E-state index contributed by atoms with van der Waals surface area (Å²) in [6, 6.07) is 3.51. The first kappa shape index (κ1) is 16.6. The predicted octanol–water partition coefficient (Wildman–Crippen LogP) is 2.73. The third kappa shape index (κ3) is 3.71. The van der Waals surface area contributed by atoms with Crippen LogP contribution >= 0.6 is 0 Å². The first-order valence-electron chi connectivity index (χ1n) is 7.73. The van der Waals surface area contributed by atoms with Gasteiger partial charge in [0.15, 0.2) is 0 Å². The predicted molar refractivity (Wildman–Crippen MR) is 82.6 cm³/mol. The van der Waals surface area contributed by atoms with E-state index in [9.17, 15) is 9.90 Å². The van der Waals surface area contributed by atoms with Gasteiger partial charge in [0.2, 0.25) is 0 Å². The highest BCUT2D eigenvalue weighted by Crippen LogP contribution is 2.34. The van der Waals surface area contributed by atoms with Crippen LogP contribution in [-0.2, 0) is 11.2 Å². The molecular formula is C17H24O5. The number of rotatable bonds is 7. The Morgan fingerprint density at radius 1 is 1.36 bits per heavy atom. The number of ether oxygens (including phenoxy) is 3. The standard InChI is InChI=1S/C17H24O5/c1-4-5-6-12(18)9-14-8-11-7-13(20-2)10-15(21-3)16(11)17(19)22-14/h7,10,12,14,18H,4-6,8-9H2,1-3H3/t12-,14-/m0/s1. The lowest BCUT2D eigenvalue weighted by molar-refractivity contribution is 0.00858. The first-order chi connectivity index (χ1) is 10.6. The van der Waals surface area contributed by atoms with Crippen molar-refractivity contribution in [3.8, 4) is 11.5 Å². The van der Waals surface area contributed by atoms with Gasteiger partial charge in [-0.1, -0.05) is 19.8 Å². The molecule has 1 N–H and O–H groups in total. The molecule has 0 amide bonds. The molecule has 1 aliphatic rings. The van der Waals surface area contributed by atoms with E-state index >= 15 is 0 Å². The molecule has 1 heterocycles. The number of unbranched alkanes of at least 4 members (excludes halogenated alkanes) is 1. The van der Waals surface area contributed by atoms with E-state index in [1.165, 1.54) is 7.11 Å². The lowest BCUT2D eigenvalue weighted by atomic mass is 9.93. The zero-order chi connectivity index (χ0) is 16.1. The number of aliphatic hydroxyl groups is 1. The van der Waals surface area contributed by atoms with E-state index in [1.54, 1.807) is 13.2 Å². The summed E-state index contributed by atoms with van der Waals surface area (Å²) in [5, 5.41) is 10.0. The SMILES string of the molecule is CCCC[C@H](O)C[C@@H]1Cc2cc(OC)cc(OC)c2C(=O)O1. The number of cyclic esters (lactones) is 1. The Morgan fingerprint density at radius 2 is 2.14 bits per heavy atom. The van der Waals surface area contributed by atoms with Gasteiger partial charge in [-0.05, 0) is 18.1 Å². The minimum Gasteiger partial charge on any atom is -0.497 e. The zero-order valence-corrected chi connectivity index (χ0v) is 13.4. The van der Waals surface area contributed by atoms with Crippen molar-refractivity contribution in [3.05, 3.63) is 23.3 Å². The highest BCUT2D eigenvalue weighted by molar-refractivity contribution is 5.95. The highest BCUT2D eigenvalue weighted by atomic mass is 16.5. The summed E-state index contributed by atoms with van der Waals surface area (Å²) in [6.45, 7) is 2.09. The average molecular weight is 308 g/mol. The van der Waals surface area contributed by atoms with Gasteiger partial charge in [-0.2, -0.15) is 0 Å². The second kappa shape index (κ2) is 7.49. The number of methoxy groups -OCH3 is 2. The van der Waals surface area contributed by atoms with E-state index < -0.39 is 12.1 Å². The fourth-order valence-corrected chi connectivity index (χ4v) is 2.81. The van der Waals surface area contributed by atoms with Crippen molar-refractivity contribution in [1.82, 2.24) is 0 Å². The molecule has 1 aliphatic heterocycles. The van der Waals surface area contributed by atoms with E-state index in [0.29, 0.717) is 29.9 Å². The molecular weight excluding hydrogens is 284 g/mol. The van der Waals surface area contributed by atoms with Crippen LogP contribution in [0.5, 0.6) is 11.5 Å². The van der Waals surface area contributed by atoms with Gasteiger partial charge in [-0.3, -0.25) is 0 Å². The van der Waals surface area contributed by atoms with E-state index in [1.807, 2.05) is 6.07 Å². The topological polar surface area (TPSA) is 65.0 Å². The Labute approximate surface area is 131 Å². The Bertz CT molecular complexity index is 526. The van der Waals surface area contributed by atoms with Crippen LogP contribution in [0.2, 0.25) is 0 Å². The van der Waals surface area contributed by atoms with Crippen molar-refractivity contribution in [3.63, 3.8) is 0 Å². The molecule has 0 unspecified atom stereocenters. The number of carbonyl (C=O) groups excluding carboxylic acids is 1. The molecule has 1 aromatic rings. The molecule has 2 atom stereocenters. The minimum atomic E-state index is -0.438. The third-order valence-corrected chi connectivity index (χ3v) is 3.96. The van der Waals surface area contributed by atoms with Crippen LogP contribution in [0.3, 0.4) is 0 Å². The fraction of sp³-hybridized carbons (Fsp3) is 0.588. The van der Waals surface area contributed by atoms with Gasteiger partial charge in [0.1, 0.15) is 23.2 Å². The van der Waals surface area contributed by atoms with E-state index in [4.69, 9.17) is 14.2 Å². The van der Waals surface area contributed by atoms with Gasteiger partial charge in [0, 0.05) is 18.9 Å². The van der Waals surface area contributed by atoms with Crippen LogP contribution in [0, 0.1) is 0 Å². The largest absolute Gasteiger partial charge is 0.497 e. The van der Waals surface area contributed by atoms with Crippen LogP contribution in [0.1, 0.15) is 48.5 Å². The van der Waals surface area contributed by atoms with E-state index in [2.05, 4.69) is 6.92 Å². The summed E-state index contributed by atoms with van der Waals surface area (Å²) in [5.74, 6) is 0.716. The minimum absolute atomic E-state index is 0.302. The molecule has 0 bridgehead atoms. The lowest BCUT2D eigenvalue weighted by Gasteiger charge is -2.27. The summed E-state index contributed by atoms with van der Waals surface area (Å²) in [6.07, 6.45) is 3.04. The number of carbonyl (C=O) groups is 1. The van der Waals surface area contributed by atoms with Crippen LogP contribution < -0.4 is 9.47 Å². The maximum absolute atomic E-state index is 12.2. The number of fused-ring (bicyclic) bond motifs is 1. The highest BCUT2D eigenvalue weighted by Gasteiger charge is 2.31. The molecule has 0 saturated carbocycles. The van der Waals surface area contributed by atoms with Gasteiger partial charge in [-0.15, -0.1) is 0 Å². The molecule has 2 rings (SSSR count). The second-order valence-corrected chi connectivity index (χ2v) is 5.63. The van der Waals surface area contributed by atoms with Crippen LogP contribution in [0.15, 0.2) is 12.1 Å². The molecule has 0 radical (unpaired) electrons. The van der Waals surface area contributed by atoms with E-state index in [-0.39, 0.29) is 6.10 Å². The van der Waals surface area contributed by atoms with Crippen molar-refractivity contribution in [2.75, 3.05) is 14.2 Å². The monoisotopic (exact) mass is 308 g/mol. The summed E-state index contributed by atoms with van der Waals surface area (Å²) < 4.78 is 16.0. The Morgan fingerprint density at radius 3 is 2.77 bits per heavy atom. The molecule has 0 aromatic heterocycles. The summed E-state index contributed by atoms with van der Waals surface area (Å²) in [4.78, 5) is 12.2. The number of esters is 1. The van der Waals surface area contributed by atoms with Crippen LogP contribution in [0.4, 0.5) is 0 Å². The smallest absolute Gasteiger partial charge is 0.342 e. The molecule has 0 saturated heterocycles. The third-order valence-electron chi connectivity index (χ3n) is 3.96. The maximum atomic E-state index is 12.2. The van der Waals surface area contributed by atoms with Gasteiger partial charge >= 0.3 is 5.97 Å². The second-order valence-electron chi connectivity index (χ2n) is 5.63. The molecule has 0 fully saturated rings. The Hall–Kier alpha value is -1.75. The van der Waals surface area contributed by atoms with Gasteiger partial charge in [0.25, 0.3) is 0 Å². The summed E-state index contributed by atoms with van der Waals surface area (Å²) in [7, 11) is 3.09. The van der Waals surface area contributed by atoms with Gasteiger partial charge < -0.3 is 19.3 Å². The fourth-order valence-electron chi connectivity index (χ4n) is 2.81. The van der Waals surface area contributed by atoms with Crippen molar-refractivity contribution >= 4 is 5.97 Å². The summed E-state index contributed by atoms with van der Waals surface area (Å²) in [5.41, 5.74) is 1.31. The van der Waals surface area contributed by atoms with Crippen molar-refractivity contribution in [2.24, 2.45) is 0 Å². The van der Waals surface area contributed by atoms with Gasteiger partial charge in [0.05, 0.1) is 20.3 Å². The molecule has 122 valence electrons. The summed E-state index contributed by atoms with van der Waals surface area (Å²) >= 11 is 0. The van der Waals surface area contributed by atoms with Crippen molar-refractivity contribution in [2.45, 2.75) is 51.2 Å². The number of aliphatic hydroxyl groups excluding tert-OH is 1. The molecule has 1 aromatic carbocycles. The first-order valence-corrected chi connectivity index (χ1v) is 7.73. The molecule has 5 nitrogen and oxygen atoms in total. The maximum Gasteiger partial charge on any atom is 0.342 e. The molecule has 0 aliphatic carbocycles. The number of benzene rings is 1. The Balaban J connectivity index is 2.16. The molecule has 22 heavy (non-hydrogen) atoms. The lowest BCUT2D eigenvalue weighted by Crippen LogP contribution is -2.31. The van der Waals surface area contributed by atoms with Crippen LogP contribution in [-0.4, -0.2) is 37.5 Å². The normalized spacial score (nSPS) is 18.4. The number of hydrogen-bond acceptors (Lipinski definition) is 5. The van der Waals surface area contributed by atoms with E-state index in [0.717, 1.165) is 24.8 Å². The van der Waals surface area contributed by atoms with Crippen LogP contribution in [0.25, 0.3) is 0 Å². The van der Waals surface area contributed by atoms with Crippen molar-refractivity contribution < 1.29 is 24.1 Å². The molecule has 5 heteroatoms. The molecule has 0 spiro atoms. The average Bonchev–Trinajstić information content (AvgIpc) is 2.51. The number of hydrogen-bond donors (Lipinski definition) is 1. The quantitative estimate of drug-likeness (QED) is 0.785. The Kier molecular flexibility index (Phi) is 5.66.